The molecule has 1 aromatic carbocycles. The van der Waals surface area contributed by atoms with E-state index in [-0.39, 0.29) is 41.2 Å². The van der Waals surface area contributed by atoms with Crippen LogP contribution in [0, 0.1) is 11.2 Å². The summed E-state index contributed by atoms with van der Waals surface area (Å²) in [6, 6.07) is 6.31. The fourth-order valence-electron chi connectivity index (χ4n) is 4.66. The van der Waals surface area contributed by atoms with E-state index in [0.29, 0.717) is 29.8 Å². The van der Waals surface area contributed by atoms with E-state index in [1.54, 1.807) is 39.0 Å². The SMILES string of the molecule is CCOc1cc(N2C(=O)C(C)(C)c3cc(C(=O)C[C@@]4(C)CCS(=O)(=O)C4)ccc32)c(F)cn1. The van der Waals surface area contributed by atoms with Crippen LogP contribution in [0.1, 0.15) is 56.5 Å². The molecule has 2 aromatic rings. The lowest BCUT2D eigenvalue weighted by atomic mass is 9.81. The maximum atomic E-state index is 14.7. The molecule has 1 fully saturated rings. The summed E-state index contributed by atoms with van der Waals surface area (Å²) >= 11 is 0. The molecule has 4 rings (SSSR count). The standard InChI is InChI=1S/C24H27FN2O5S/c1-5-32-21-11-19(17(25)13-26-21)27-18-7-6-15(10-16(18)23(2,3)22(27)29)20(28)12-24(4)8-9-33(30,31)14-24/h6-7,10-11,13H,5,8-9,12,14H2,1-4H3/t24-/m1/s1. The first-order chi connectivity index (χ1) is 15.4. The molecule has 1 amide bonds. The van der Waals surface area contributed by atoms with Crippen LogP contribution in [0.3, 0.4) is 0 Å². The van der Waals surface area contributed by atoms with Gasteiger partial charge in [0.2, 0.25) is 11.8 Å². The molecule has 1 saturated heterocycles. The molecule has 0 radical (unpaired) electrons. The molecule has 2 aliphatic heterocycles. The van der Waals surface area contributed by atoms with E-state index >= 15 is 0 Å². The Morgan fingerprint density at radius 1 is 1.21 bits per heavy atom. The highest BCUT2D eigenvalue weighted by Gasteiger charge is 2.46. The average Bonchev–Trinajstić information content (AvgIpc) is 3.12. The van der Waals surface area contributed by atoms with Crippen molar-refractivity contribution in [3.05, 3.63) is 47.4 Å². The minimum absolute atomic E-state index is 0.00206. The first kappa shape index (κ1) is 23.4. The van der Waals surface area contributed by atoms with Crippen molar-refractivity contribution < 1.29 is 27.1 Å². The number of aromatic nitrogens is 1. The van der Waals surface area contributed by atoms with Crippen molar-refractivity contribution in [2.75, 3.05) is 23.0 Å². The van der Waals surface area contributed by atoms with Crippen molar-refractivity contribution in [3.63, 3.8) is 0 Å². The van der Waals surface area contributed by atoms with Gasteiger partial charge in [0.05, 0.1) is 41.1 Å². The van der Waals surface area contributed by atoms with Crippen molar-refractivity contribution in [2.24, 2.45) is 5.41 Å². The van der Waals surface area contributed by atoms with E-state index in [0.717, 1.165) is 6.20 Å². The monoisotopic (exact) mass is 474 g/mol. The summed E-state index contributed by atoms with van der Waals surface area (Å²) in [6.45, 7) is 7.41. The first-order valence-electron chi connectivity index (χ1n) is 10.9. The van der Waals surface area contributed by atoms with Gasteiger partial charge in [0.25, 0.3) is 0 Å². The predicted octanol–water partition coefficient (Wildman–Crippen LogP) is 3.97. The highest BCUT2D eigenvalue weighted by molar-refractivity contribution is 7.91. The molecule has 0 spiro atoms. The largest absolute Gasteiger partial charge is 0.478 e. The molecule has 7 nitrogen and oxygen atoms in total. The Hall–Kier alpha value is -2.81. The second-order valence-electron chi connectivity index (χ2n) is 9.66. The molecule has 33 heavy (non-hydrogen) atoms. The first-order valence-corrected chi connectivity index (χ1v) is 12.7. The van der Waals surface area contributed by atoms with Crippen LogP contribution in [0.2, 0.25) is 0 Å². The number of Topliss-reactive ketones (excluding diaryl/α,β-unsaturated/α-hetero) is 1. The molecule has 2 aliphatic rings. The Kier molecular flexibility index (Phi) is 5.59. The summed E-state index contributed by atoms with van der Waals surface area (Å²) in [5, 5.41) is 0. The van der Waals surface area contributed by atoms with Crippen molar-refractivity contribution in [3.8, 4) is 5.88 Å². The molecule has 3 heterocycles. The highest BCUT2D eigenvalue weighted by atomic mass is 32.2. The molecule has 0 bridgehead atoms. The maximum absolute atomic E-state index is 14.7. The van der Waals surface area contributed by atoms with Crippen LogP contribution in [0.25, 0.3) is 0 Å². The van der Waals surface area contributed by atoms with Gasteiger partial charge in [-0.1, -0.05) is 6.92 Å². The Morgan fingerprint density at radius 3 is 2.58 bits per heavy atom. The molecule has 9 heteroatoms. The zero-order chi connectivity index (χ0) is 24.2. The van der Waals surface area contributed by atoms with Crippen molar-refractivity contribution in [1.82, 2.24) is 4.98 Å². The number of rotatable bonds is 6. The number of fused-ring (bicyclic) bond motifs is 1. The summed E-state index contributed by atoms with van der Waals surface area (Å²) in [7, 11) is -3.12. The summed E-state index contributed by atoms with van der Waals surface area (Å²) in [4.78, 5) is 31.6. The third kappa shape index (κ3) is 4.14. The van der Waals surface area contributed by atoms with E-state index in [2.05, 4.69) is 4.98 Å². The number of sulfone groups is 1. The maximum Gasteiger partial charge on any atom is 0.241 e. The quantitative estimate of drug-likeness (QED) is 0.588. The van der Waals surface area contributed by atoms with Crippen LogP contribution in [0.4, 0.5) is 15.8 Å². The molecule has 176 valence electrons. The number of pyridine rings is 1. The molecular formula is C24H27FN2O5S. The number of carbonyl (C=O) groups excluding carboxylic acids is 2. The third-order valence-electron chi connectivity index (χ3n) is 6.49. The third-order valence-corrected chi connectivity index (χ3v) is 8.45. The predicted molar refractivity (Wildman–Crippen MR) is 122 cm³/mol. The highest BCUT2D eigenvalue weighted by Crippen LogP contribution is 2.47. The molecule has 0 aliphatic carbocycles. The molecule has 0 N–H and O–H groups in total. The van der Waals surface area contributed by atoms with Crippen molar-refractivity contribution in [1.29, 1.82) is 0 Å². The number of ether oxygens (including phenoxy) is 1. The summed E-state index contributed by atoms with van der Waals surface area (Å²) in [6.07, 6.45) is 1.58. The molecular weight excluding hydrogens is 447 g/mol. The Labute approximate surface area is 192 Å². The number of ketones is 1. The minimum atomic E-state index is -3.12. The van der Waals surface area contributed by atoms with Crippen LogP contribution in [0.5, 0.6) is 5.88 Å². The van der Waals surface area contributed by atoms with E-state index in [1.807, 2.05) is 6.92 Å². The van der Waals surface area contributed by atoms with Gasteiger partial charge < -0.3 is 4.74 Å². The lowest BCUT2D eigenvalue weighted by Crippen LogP contribution is -2.33. The summed E-state index contributed by atoms with van der Waals surface area (Å²) in [5.41, 5.74) is -0.0451. The number of hydrogen-bond donors (Lipinski definition) is 0. The van der Waals surface area contributed by atoms with Gasteiger partial charge in [-0.15, -0.1) is 0 Å². The zero-order valence-corrected chi connectivity index (χ0v) is 20.0. The van der Waals surface area contributed by atoms with E-state index in [9.17, 15) is 22.4 Å². The van der Waals surface area contributed by atoms with Crippen LogP contribution in [-0.2, 0) is 20.0 Å². The zero-order valence-electron chi connectivity index (χ0n) is 19.1. The Balaban J connectivity index is 1.70. The molecule has 0 unspecified atom stereocenters. The number of carbonyl (C=O) groups is 2. The van der Waals surface area contributed by atoms with Crippen LogP contribution < -0.4 is 9.64 Å². The van der Waals surface area contributed by atoms with E-state index in [4.69, 9.17) is 4.74 Å². The topological polar surface area (TPSA) is 93.6 Å². The number of amides is 1. The normalized spacial score (nSPS) is 22.9. The molecule has 1 aromatic heterocycles. The van der Waals surface area contributed by atoms with Gasteiger partial charge in [-0.25, -0.2) is 17.8 Å². The van der Waals surface area contributed by atoms with Gasteiger partial charge in [0.1, 0.15) is 0 Å². The van der Waals surface area contributed by atoms with Crippen molar-refractivity contribution >= 4 is 32.9 Å². The number of hydrogen-bond acceptors (Lipinski definition) is 6. The van der Waals surface area contributed by atoms with Gasteiger partial charge in [-0.3, -0.25) is 14.5 Å². The van der Waals surface area contributed by atoms with Gasteiger partial charge in [0.15, 0.2) is 21.4 Å². The van der Waals surface area contributed by atoms with Gasteiger partial charge in [-0.2, -0.15) is 0 Å². The minimum Gasteiger partial charge on any atom is -0.478 e. The lowest BCUT2D eigenvalue weighted by Gasteiger charge is -2.21. The van der Waals surface area contributed by atoms with Crippen LogP contribution in [-0.4, -0.2) is 43.2 Å². The Morgan fingerprint density at radius 2 is 1.94 bits per heavy atom. The average molecular weight is 475 g/mol. The van der Waals surface area contributed by atoms with E-state index in [1.165, 1.54) is 11.0 Å². The number of benzene rings is 1. The second-order valence-corrected chi connectivity index (χ2v) is 11.8. The smallest absolute Gasteiger partial charge is 0.241 e. The van der Waals surface area contributed by atoms with E-state index < -0.39 is 26.5 Å². The number of halogens is 1. The van der Waals surface area contributed by atoms with Gasteiger partial charge >= 0.3 is 0 Å². The fraction of sp³-hybridized carbons (Fsp3) is 0.458. The molecule has 1 atom stereocenters. The van der Waals surface area contributed by atoms with Gasteiger partial charge in [0, 0.05) is 18.1 Å². The van der Waals surface area contributed by atoms with Crippen molar-refractivity contribution in [2.45, 2.75) is 46.0 Å². The summed E-state index contributed by atoms with van der Waals surface area (Å²) < 4.78 is 43.9. The van der Waals surface area contributed by atoms with Crippen LogP contribution >= 0.6 is 0 Å². The lowest BCUT2D eigenvalue weighted by molar-refractivity contribution is -0.121. The summed E-state index contributed by atoms with van der Waals surface area (Å²) in [5.74, 6) is -0.863. The van der Waals surface area contributed by atoms with Gasteiger partial charge in [-0.05, 0) is 56.4 Å². The fourth-order valence-corrected chi connectivity index (χ4v) is 6.92. The van der Waals surface area contributed by atoms with Crippen LogP contribution in [0.15, 0.2) is 30.5 Å². The Bertz CT molecular complexity index is 1260. The number of anilines is 2. The number of nitrogens with zero attached hydrogens (tertiary/aromatic N) is 2. The molecule has 0 saturated carbocycles. The second kappa shape index (κ2) is 7.90.